The molecule has 0 bridgehead atoms. The summed E-state index contributed by atoms with van der Waals surface area (Å²) in [5, 5.41) is 0. The molecule has 0 saturated carbocycles. The topological polar surface area (TPSA) is 46.8 Å². The molecule has 5 nitrogen and oxygen atoms in total. The molecular formula is C19H22FN5. The van der Waals surface area contributed by atoms with Crippen LogP contribution in [0, 0.1) is 11.7 Å². The smallest absolute Gasteiger partial charge is 0.165 e. The SMILES string of the molecule is CCn1cnc2c(N3CCC(Cc4ccc(F)cc4)CC3)ncnc21. The molecule has 1 aliphatic heterocycles. The Bertz CT molecular complexity index is 850. The molecule has 0 aliphatic carbocycles. The van der Waals surface area contributed by atoms with Crippen molar-refractivity contribution in [2.24, 2.45) is 5.92 Å². The summed E-state index contributed by atoms with van der Waals surface area (Å²) in [5.41, 5.74) is 3.01. The maximum Gasteiger partial charge on any atom is 0.165 e. The van der Waals surface area contributed by atoms with Crippen LogP contribution in [0.4, 0.5) is 10.2 Å². The number of nitrogens with zero attached hydrogens (tertiary/aromatic N) is 5. The van der Waals surface area contributed by atoms with Crippen molar-refractivity contribution in [2.75, 3.05) is 18.0 Å². The highest BCUT2D eigenvalue weighted by molar-refractivity contribution is 5.83. The van der Waals surface area contributed by atoms with Crippen molar-refractivity contribution in [3.8, 4) is 0 Å². The van der Waals surface area contributed by atoms with Gasteiger partial charge in [0.15, 0.2) is 17.0 Å². The van der Waals surface area contributed by atoms with Gasteiger partial charge in [0.2, 0.25) is 0 Å². The summed E-state index contributed by atoms with van der Waals surface area (Å²) in [4.78, 5) is 15.7. The fourth-order valence-electron chi connectivity index (χ4n) is 3.63. The van der Waals surface area contributed by atoms with E-state index in [4.69, 9.17) is 0 Å². The van der Waals surface area contributed by atoms with Crippen LogP contribution in [-0.4, -0.2) is 32.6 Å². The number of fused-ring (bicyclic) bond motifs is 1. The van der Waals surface area contributed by atoms with Crippen LogP contribution in [0.15, 0.2) is 36.9 Å². The van der Waals surface area contributed by atoms with Crippen LogP contribution < -0.4 is 4.90 Å². The van der Waals surface area contributed by atoms with Crippen LogP contribution >= 0.6 is 0 Å². The van der Waals surface area contributed by atoms with Gasteiger partial charge in [-0.2, -0.15) is 0 Å². The molecule has 1 aliphatic rings. The Morgan fingerprint density at radius 3 is 2.56 bits per heavy atom. The van der Waals surface area contributed by atoms with Gasteiger partial charge in [0, 0.05) is 19.6 Å². The van der Waals surface area contributed by atoms with E-state index in [0.29, 0.717) is 5.92 Å². The summed E-state index contributed by atoms with van der Waals surface area (Å²) >= 11 is 0. The summed E-state index contributed by atoms with van der Waals surface area (Å²) in [5.74, 6) is 1.41. The van der Waals surface area contributed by atoms with Crippen molar-refractivity contribution in [2.45, 2.75) is 32.7 Å². The summed E-state index contributed by atoms with van der Waals surface area (Å²) < 4.78 is 15.1. The lowest BCUT2D eigenvalue weighted by Gasteiger charge is -2.32. The van der Waals surface area contributed by atoms with Crippen molar-refractivity contribution < 1.29 is 4.39 Å². The number of anilines is 1. The van der Waals surface area contributed by atoms with Gasteiger partial charge in [-0.25, -0.2) is 19.3 Å². The normalized spacial score (nSPS) is 15.8. The van der Waals surface area contributed by atoms with Crippen molar-refractivity contribution in [3.63, 3.8) is 0 Å². The molecule has 3 aromatic rings. The van der Waals surface area contributed by atoms with E-state index in [1.165, 1.54) is 5.56 Å². The second kappa shape index (κ2) is 6.78. The molecular weight excluding hydrogens is 317 g/mol. The molecule has 0 atom stereocenters. The highest BCUT2D eigenvalue weighted by Crippen LogP contribution is 2.28. The number of hydrogen-bond donors (Lipinski definition) is 0. The fourth-order valence-corrected chi connectivity index (χ4v) is 3.63. The van der Waals surface area contributed by atoms with Gasteiger partial charge in [-0.1, -0.05) is 12.1 Å². The van der Waals surface area contributed by atoms with Crippen LogP contribution in [-0.2, 0) is 13.0 Å². The number of piperidine rings is 1. The van der Waals surface area contributed by atoms with Crippen LogP contribution in [0.3, 0.4) is 0 Å². The van der Waals surface area contributed by atoms with Gasteiger partial charge in [-0.05, 0) is 49.8 Å². The first-order chi connectivity index (χ1) is 12.2. The van der Waals surface area contributed by atoms with Crippen molar-refractivity contribution in [1.82, 2.24) is 19.5 Å². The lowest BCUT2D eigenvalue weighted by molar-refractivity contribution is 0.402. The molecule has 6 heteroatoms. The molecule has 2 aromatic heterocycles. The van der Waals surface area contributed by atoms with Gasteiger partial charge in [0.1, 0.15) is 12.1 Å². The highest BCUT2D eigenvalue weighted by Gasteiger charge is 2.23. The van der Waals surface area contributed by atoms with Gasteiger partial charge in [-0.3, -0.25) is 0 Å². The summed E-state index contributed by atoms with van der Waals surface area (Å²) in [6.45, 7) is 4.88. The maximum atomic E-state index is 13.0. The number of imidazole rings is 1. The Labute approximate surface area is 146 Å². The zero-order valence-electron chi connectivity index (χ0n) is 14.4. The second-order valence-corrected chi connectivity index (χ2v) is 6.66. The van der Waals surface area contributed by atoms with Gasteiger partial charge >= 0.3 is 0 Å². The summed E-state index contributed by atoms with van der Waals surface area (Å²) in [6.07, 6.45) is 6.70. The van der Waals surface area contributed by atoms with E-state index in [1.54, 1.807) is 18.5 Å². The Kier molecular flexibility index (Phi) is 4.34. The number of hydrogen-bond acceptors (Lipinski definition) is 4. The fraction of sp³-hybridized carbons (Fsp3) is 0.421. The third-order valence-electron chi connectivity index (χ3n) is 5.07. The number of halogens is 1. The number of benzene rings is 1. The molecule has 0 amide bonds. The van der Waals surface area contributed by atoms with E-state index in [2.05, 4.69) is 26.8 Å². The van der Waals surface area contributed by atoms with E-state index in [0.717, 1.165) is 55.9 Å². The second-order valence-electron chi connectivity index (χ2n) is 6.66. The maximum absolute atomic E-state index is 13.0. The summed E-state index contributed by atoms with van der Waals surface area (Å²) in [6, 6.07) is 6.89. The number of aromatic nitrogens is 4. The molecule has 130 valence electrons. The van der Waals surface area contributed by atoms with E-state index >= 15 is 0 Å². The molecule has 0 unspecified atom stereocenters. The Morgan fingerprint density at radius 1 is 1.08 bits per heavy atom. The van der Waals surface area contributed by atoms with Gasteiger partial charge in [-0.15, -0.1) is 0 Å². The van der Waals surface area contributed by atoms with Crippen LogP contribution in [0.25, 0.3) is 11.2 Å². The van der Waals surface area contributed by atoms with Crippen LogP contribution in [0.5, 0.6) is 0 Å². The summed E-state index contributed by atoms with van der Waals surface area (Å²) in [7, 11) is 0. The molecule has 0 radical (unpaired) electrons. The predicted octanol–water partition coefficient (Wildman–Crippen LogP) is 3.44. The molecule has 3 heterocycles. The third-order valence-corrected chi connectivity index (χ3v) is 5.07. The lowest BCUT2D eigenvalue weighted by atomic mass is 9.90. The zero-order valence-corrected chi connectivity index (χ0v) is 14.4. The molecule has 0 spiro atoms. The predicted molar refractivity (Wildman–Crippen MR) is 96.0 cm³/mol. The van der Waals surface area contributed by atoms with E-state index < -0.39 is 0 Å². The minimum atomic E-state index is -0.169. The monoisotopic (exact) mass is 339 g/mol. The minimum Gasteiger partial charge on any atom is -0.355 e. The highest BCUT2D eigenvalue weighted by atomic mass is 19.1. The zero-order chi connectivity index (χ0) is 17.2. The Morgan fingerprint density at radius 2 is 1.84 bits per heavy atom. The quantitative estimate of drug-likeness (QED) is 0.730. The van der Waals surface area contributed by atoms with E-state index in [9.17, 15) is 4.39 Å². The standard InChI is InChI=1S/C19H22FN5/c1-2-24-13-23-17-18(24)21-12-22-19(17)25-9-7-15(8-10-25)11-14-3-5-16(20)6-4-14/h3-6,12-13,15H,2,7-11H2,1H3. The molecule has 0 N–H and O–H groups in total. The van der Waals surface area contributed by atoms with Gasteiger partial charge in [0.25, 0.3) is 0 Å². The number of aryl methyl sites for hydroxylation is 1. The lowest BCUT2D eigenvalue weighted by Crippen LogP contribution is -2.35. The first-order valence-electron chi connectivity index (χ1n) is 8.90. The molecule has 25 heavy (non-hydrogen) atoms. The largest absolute Gasteiger partial charge is 0.355 e. The Hall–Kier alpha value is -2.50. The number of rotatable bonds is 4. The van der Waals surface area contributed by atoms with E-state index in [-0.39, 0.29) is 5.82 Å². The molecule has 1 fully saturated rings. The average molecular weight is 339 g/mol. The average Bonchev–Trinajstić information content (AvgIpc) is 3.08. The van der Waals surface area contributed by atoms with Crippen molar-refractivity contribution >= 4 is 17.0 Å². The van der Waals surface area contributed by atoms with Crippen LogP contribution in [0.2, 0.25) is 0 Å². The molecule has 1 aromatic carbocycles. The van der Waals surface area contributed by atoms with Crippen molar-refractivity contribution in [1.29, 1.82) is 0 Å². The van der Waals surface area contributed by atoms with Gasteiger partial charge in [0.05, 0.1) is 6.33 Å². The molecule has 1 saturated heterocycles. The van der Waals surface area contributed by atoms with Crippen molar-refractivity contribution in [3.05, 3.63) is 48.3 Å². The minimum absolute atomic E-state index is 0.169. The first-order valence-corrected chi connectivity index (χ1v) is 8.90. The van der Waals surface area contributed by atoms with Crippen LogP contribution in [0.1, 0.15) is 25.3 Å². The Balaban J connectivity index is 1.45. The third kappa shape index (κ3) is 3.21. The first kappa shape index (κ1) is 16.0. The van der Waals surface area contributed by atoms with E-state index in [1.807, 2.05) is 23.0 Å². The molecule has 4 rings (SSSR count). The van der Waals surface area contributed by atoms with Gasteiger partial charge < -0.3 is 9.47 Å².